The fourth-order valence-electron chi connectivity index (χ4n) is 3.02. The molecule has 1 amide bonds. The van der Waals surface area contributed by atoms with Crippen molar-refractivity contribution in [2.75, 3.05) is 26.2 Å². The molecule has 1 aromatic rings. The van der Waals surface area contributed by atoms with Gasteiger partial charge in [0.2, 0.25) is 5.76 Å². The number of esters is 1. The Morgan fingerprint density at radius 2 is 1.65 bits per heavy atom. The fourth-order valence-corrected chi connectivity index (χ4v) is 3.02. The van der Waals surface area contributed by atoms with Crippen LogP contribution in [0, 0.1) is 13.8 Å². The number of benzene rings is 1. The van der Waals surface area contributed by atoms with Crippen molar-refractivity contribution >= 4 is 17.6 Å². The Hall–Kier alpha value is -2.30. The molecule has 0 radical (unpaired) electrons. The first-order valence-corrected chi connectivity index (χ1v) is 7.43. The number of hydrogen-bond acceptors (Lipinski definition) is 4. The van der Waals surface area contributed by atoms with Gasteiger partial charge in [-0.3, -0.25) is 4.79 Å². The lowest BCUT2D eigenvalue weighted by Gasteiger charge is -2.40. The summed E-state index contributed by atoms with van der Waals surface area (Å²) < 4.78 is 10.00. The van der Waals surface area contributed by atoms with Crippen molar-refractivity contribution in [1.82, 2.24) is 0 Å². The largest absolute Gasteiger partial charge is 0.490 e. The summed E-state index contributed by atoms with van der Waals surface area (Å²) in [7, 11) is 4.35. The maximum absolute atomic E-state index is 12.9. The molecule has 124 valence electrons. The first-order valence-electron chi connectivity index (χ1n) is 7.43. The molecule has 0 saturated heterocycles. The average molecular weight is 317 g/mol. The highest BCUT2D eigenvalue weighted by Gasteiger charge is 2.44. The summed E-state index contributed by atoms with van der Waals surface area (Å²) >= 11 is 0. The standard InChI is InChI=1S/C18H23NO4/c1-10-8-12-13(9-11(10)2)19(5)16(20)14(18(12,3)4)15(22-6)17(21)23-7/h8-9H,1-7H3. The molecule has 0 aliphatic carbocycles. The third kappa shape index (κ3) is 2.50. The number of nitrogens with zero attached hydrogens (tertiary/aromatic N) is 1. The summed E-state index contributed by atoms with van der Waals surface area (Å²) in [5.41, 5.74) is 3.73. The quantitative estimate of drug-likeness (QED) is 0.478. The molecule has 0 fully saturated rings. The number of likely N-dealkylation sites (N-methyl/N-ethyl adjacent to an activating group) is 1. The zero-order chi connectivity index (χ0) is 17.5. The van der Waals surface area contributed by atoms with E-state index in [-0.39, 0.29) is 11.7 Å². The van der Waals surface area contributed by atoms with Crippen molar-refractivity contribution in [2.24, 2.45) is 0 Å². The lowest BCUT2D eigenvalue weighted by molar-refractivity contribution is -0.140. The Labute approximate surface area is 136 Å². The van der Waals surface area contributed by atoms with E-state index in [4.69, 9.17) is 9.47 Å². The monoisotopic (exact) mass is 317 g/mol. The predicted molar refractivity (Wildman–Crippen MR) is 88.4 cm³/mol. The highest BCUT2D eigenvalue weighted by Crippen LogP contribution is 2.45. The normalized spacial score (nSPS) is 18.4. The van der Waals surface area contributed by atoms with E-state index >= 15 is 0 Å². The van der Waals surface area contributed by atoms with Gasteiger partial charge in [-0.1, -0.05) is 19.9 Å². The van der Waals surface area contributed by atoms with Crippen LogP contribution in [0.4, 0.5) is 5.69 Å². The van der Waals surface area contributed by atoms with Crippen LogP contribution in [-0.4, -0.2) is 33.1 Å². The van der Waals surface area contributed by atoms with Crippen LogP contribution < -0.4 is 4.90 Å². The predicted octanol–water partition coefficient (Wildman–Crippen LogP) is 2.63. The van der Waals surface area contributed by atoms with E-state index in [2.05, 4.69) is 6.07 Å². The van der Waals surface area contributed by atoms with Crippen molar-refractivity contribution in [3.8, 4) is 0 Å². The number of aryl methyl sites for hydroxylation is 2. The second-order valence-electron chi connectivity index (χ2n) is 6.34. The molecule has 0 N–H and O–H groups in total. The molecule has 0 aromatic heterocycles. The number of carbonyl (C=O) groups excluding carboxylic acids is 2. The minimum atomic E-state index is -0.670. The minimum Gasteiger partial charge on any atom is -0.490 e. The van der Waals surface area contributed by atoms with Crippen LogP contribution in [0.25, 0.3) is 0 Å². The van der Waals surface area contributed by atoms with Gasteiger partial charge in [-0.15, -0.1) is 0 Å². The number of ether oxygens (including phenoxy) is 2. The molecular weight excluding hydrogens is 294 g/mol. The first-order chi connectivity index (χ1) is 10.7. The van der Waals surface area contributed by atoms with Gasteiger partial charge in [0, 0.05) is 18.2 Å². The van der Waals surface area contributed by atoms with Gasteiger partial charge in [0.1, 0.15) is 0 Å². The van der Waals surface area contributed by atoms with Gasteiger partial charge in [0.25, 0.3) is 5.91 Å². The first kappa shape index (κ1) is 17.1. The zero-order valence-electron chi connectivity index (χ0n) is 14.7. The van der Waals surface area contributed by atoms with Gasteiger partial charge in [0.05, 0.1) is 19.8 Å². The van der Waals surface area contributed by atoms with Crippen molar-refractivity contribution in [3.63, 3.8) is 0 Å². The van der Waals surface area contributed by atoms with E-state index in [0.717, 1.165) is 22.4 Å². The molecule has 0 atom stereocenters. The topological polar surface area (TPSA) is 55.8 Å². The van der Waals surface area contributed by atoms with Gasteiger partial charge in [-0.2, -0.15) is 0 Å². The van der Waals surface area contributed by atoms with Gasteiger partial charge in [-0.25, -0.2) is 4.79 Å². The van der Waals surface area contributed by atoms with Crippen molar-refractivity contribution in [1.29, 1.82) is 0 Å². The van der Waals surface area contributed by atoms with Gasteiger partial charge in [0.15, 0.2) is 0 Å². The summed E-state index contributed by atoms with van der Waals surface area (Å²) in [4.78, 5) is 26.5. The molecule has 1 aliphatic rings. The summed E-state index contributed by atoms with van der Waals surface area (Å²) in [6.45, 7) is 7.88. The molecule has 0 unspecified atom stereocenters. The maximum atomic E-state index is 12.9. The van der Waals surface area contributed by atoms with Crippen LogP contribution in [0.3, 0.4) is 0 Å². The van der Waals surface area contributed by atoms with E-state index in [9.17, 15) is 9.59 Å². The molecule has 1 aromatic carbocycles. The van der Waals surface area contributed by atoms with Gasteiger partial charge in [-0.05, 0) is 36.6 Å². The SMILES string of the molecule is COC(=O)C(OC)=C1C(=O)N(C)c2cc(C)c(C)cc2C1(C)C. The molecule has 0 saturated carbocycles. The Balaban J connectivity index is 2.83. The number of methoxy groups -OCH3 is 2. The van der Waals surface area contributed by atoms with E-state index in [1.807, 2.05) is 33.8 Å². The molecule has 5 heteroatoms. The van der Waals surface area contributed by atoms with E-state index < -0.39 is 11.4 Å². The van der Waals surface area contributed by atoms with Gasteiger partial charge < -0.3 is 14.4 Å². The van der Waals surface area contributed by atoms with E-state index in [0.29, 0.717) is 5.57 Å². The van der Waals surface area contributed by atoms with Crippen LogP contribution >= 0.6 is 0 Å². The second-order valence-corrected chi connectivity index (χ2v) is 6.34. The number of rotatable bonds is 2. The molecule has 1 aliphatic heterocycles. The molecule has 2 rings (SSSR count). The lowest BCUT2D eigenvalue weighted by Crippen LogP contribution is -2.44. The molecule has 23 heavy (non-hydrogen) atoms. The Morgan fingerprint density at radius 1 is 1.09 bits per heavy atom. The number of fused-ring (bicyclic) bond motifs is 1. The molecule has 0 spiro atoms. The van der Waals surface area contributed by atoms with Gasteiger partial charge >= 0.3 is 5.97 Å². The highest BCUT2D eigenvalue weighted by molar-refractivity contribution is 6.13. The smallest absolute Gasteiger partial charge is 0.373 e. The summed E-state index contributed by atoms with van der Waals surface area (Å²) in [6, 6.07) is 4.07. The van der Waals surface area contributed by atoms with Crippen LogP contribution in [-0.2, 0) is 24.5 Å². The Morgan fingerprint density at radius 3 is 2.17 bits per heavy atom. The summed E-state index contributed by atoms with van der Waals surface area (Å²) in [5.74, 6) is -0.948. The van der Waals surface area contributed by atoms with Crippen molar-refractivity contribution in [3.05, 3.63) is 40.2 Å². The minimum absolute atomic E-state index is 0.0433. The summed E-state index contributed by atoms with van der Waals surface area (Å²) in [5, 5.41) is 0. The number of anilines is 1. The Kier molecular flexibility index (Phi) is 4.24. The van der Waals surface area contributed by atoms with E-state index in [1.165, 1.54) is 14.2 Å². The lowest BCUT2D eigenvalue weighted by atomic mass is 9.72. The average Bonchev–Trinajstić information content (AvgIpc) is 2.50. The van der Waals surface area contributed by atoms with Crippen LogP contribution in [0.1, 0.15) is 30.5 Å². The van der Waals surface area contributed by atoms with Crippen LogP contribution in [0.5, 0.6) is 0 Å². The number of carbonyl (C=O) groups is 2. The van der Waals surface area contributed by atoms with Crippen molar-refractivity contribution in [2.45, 2.75) is 33.1 Å². The summed E-state index contributed by atoms with van der Waals surface area (Å²) in [6.07, 6.45) is 0. The highest BCUT2D eigenvalue weighted by atomic mass is 16.6. The molecule has 5 nitrogen and oxygen atoms in total. The number of amides is 1. The Bertz CT molecular complexity index is 716. The van der Waals surface area contributed by atoms with Crippen LogP contribution in [0.2, 0.25) is 0 Å². The fraction of sp³-hybridized carbons (Fsp3) is 0.444. The third-order valence-electron chi connectivity index (χ3n) is 4.59. The zero-order valence-corrected chi connectivity index (χ0v) is 14.7. The van der Waals surface area contributed by atoms with Crippen LogP contribution in [0.15, 0.2) is 23.5 Å². The molecule has 0 bridgehead atoms. The third-order valence-corrected chi connectivity index (χ3v) is 4.59. The molecular formula is C18H23NO4. The van der Waals surface area contributed by atoms with E-state index in [1.54, 1.807) is 11.9 Å². The molecule has 1 heterocycles. The number of hydrogen-bond donors (Lipinski definition) is 0. The second kappa shape index (κ2) is 5.72. The maximum Gasteiger partial charge on any atom is 0.373 e. The van der Waals surface area contributed by atoms with Crippen molar-refractivity contribution < 1.29 is 19.1 Å².